The number of aromatic nitrogens is 1. The smallest absolute Gasteiger partial charge is 0.241 e. The summed E-state index contributed by atoms with van der Waals surface area (Å²) < 4.78 is 47.5. The second-order valence-corrected chi connectivity index (χ2v) is 10.1. The molecule has 3 rings (SSSR count). The average molecular weight is 471 g/mol. The van der Waals surface area contributed by atoms with Crippen LogP contribution in [0.5, 0.6) is 5.88 Å². The third-order valence-corrected chi connectivity index (χ3v) is 7.17. The fourth-order valence-electron chi connectivity index (χ4n) is 3.66. The van der Waals surface area contributed by atoms with Gasteiger partial charge >= 0.3 is 0 Å². The highest BCUT2D eigenvalue weighted by Gasteiger charge is 2.26. The number of hydrogen-bond acceptors (Lipinski definition) is 5. The van der Waals surface area contributed by atoms with E-state index >= 15 is 0 Å². The molecule has 0 spiro atoms. The second-order valence-electron chi connectivity index (χ2n) is 8.06. The van der Waals surface area contributed by atoms with Gasteiger partial charge in [-0.2, -0.15) is 0 Å². The molecule has 0 saturated heterocycles. The van der Waals surface area contributed by atoms with Crippen molar-refractivity contribution in [2.45, 2.75) is 38.4 Å². The molecule has 0 aliphatic heterocycles. The van der Waals surface area contributed by atoms with Gasteiger partial charge in [0.25, 0.3) is 0 Å². The molecule has 0 aliphatic carbocycles. The van der Waals surface area contributed by atoms with Gasteiger partial charge in [0.15, 0.2) is 0 Å². The number of rotatable bonds is 8. The minimum atomic E-state index is -3.97. The topological polar surface area (TPSA) is 85.4 Å². The number of amides is 1. The Morgan fingerprint density at radius 2 is 1.79 bits per heavy atom. The Bertz CT molecular complexity index is 1240. The lowest BCUT2D eigenvalue weighted by Crippen LogP contribution is -2.35. The largest absolute Gasteiger partial charge is 0.481 e. The monoisotopic (exact) mass is 470 g/mol. The van der Waals surface area contributed by atoms with Crippen molar-refractivity contribution in [3.63, 3.8) is 0 Å². The number of halogens is 1. The van der Waals surface area contributed by atoms with Crippen molar-refractivity contribution in [1.29, 1.82) is 0 Å². The number of nitrogens with one attached hydrogen (secondary N) is 1. The molecule has 1 aromatic heterocycles. The van der Waals surface area contributed by atoms with Crippen molar-refractivity contribution in [3.05, 3.63) is 83.3 Å². The van der Waals surface area contributed by atoms with Crippen molar-refractivity contribution in [2.24, 2.45) is 0 Å². The molecule has 1 atom stereocenters. The van der Waals surface area contributed by atoms with E-state index in [0.717, 1.165) is 0 Å². The molecule has 1 N–H and O–H groups in total. The van der Waals surface area contributed by atoms with Crippen LogP contribution in [0, 0.1) is 5.82 Å². The molecule has 0 fully saturated rings. The van der Waals surface area contributed by atoms with Gasteiger partial charge in [0.05, 0.1) is 13.5 Å². The summed E-state index contributed by atoms with van der Waals surface area (Å²) in [5.74, 6) is -0.879. The van der Waals surface area contributed by atoms with Crippen LogP contribution in [0.2, 0.25) is 0 Å². The molecule has 1 amide bonds. The maximum Gasteiger partial charge on any atom is 0.241 e. The van der Waals surface area contributed by atoms with Gasteiger partial charge in [-0.25, -0.2) is 17.8 Å². The first-order valence-electron chi connectivity index (χ1n) is 10.5. The molecule has 0 bridgehead atoms. The standard InChI is InChI=1S/C25H27FN2O4S/c1-16(2)21-13-20(26)14-22(19-10-11-27-25(12-19)32-4)23(21)15-24(29)28-33(30,31)17(3)18-8-6-5-7-9-18/h5-14,16-17H,15H2,1-4H3,(H,28,29). The lowest BCUT2D eigenvalue weighted by molar-refractivity contribution is -0.118. The normalized spacial score (nSPS) is 12.4. The molecular weight excluding hydrogens is 443 g/mol. The lowest BCUT2D eigenvalue weighted by atomic mass is 9.88. The van der Waals surface area contributed by atoms with E-state index in [1.807, 2.05) is 13.8 Å². The van der Waals surface area contributed by atoms with Crippen LogP contribution >= 0.6 is 0 Å². The van der Waals surface area contributed by atoms with Crippen LogP contribution in [0.4, 0.5) is 4.39 Å². The quantitative estimate of drug-likeness (QED) is 0.513. The highest BCUT2D eigenvalue weighted by atomic mass is 32.2. The number of carbonyl (C=O) groups excluding carboxylic acids is 1. The first kappa shape index (κ1) is 24.4. The number of sulfonamides is 1. The Balaban J connectivity index is 1.97. The Morgan fingerprint density at radius 3 is 2.42 bits per heavy atom. The molecule has 2 aromatic carbocycles. The summed E-state index contributed by atoms with van der Waals surface area (Å²) in [5.41, 5.74) is 2.87. The van der Waals surface area contributed by atoms with Crippen LogP contribution in [-0.4, -0.2) is 26.4 Å². The minimum Gasteiger partial charge on any atom is -0.481 e. The predicted molar refractivity (Wildman–Crippen MR) is 126 cm³/mol. The van der Waals surface area contributed by atoms with Crippen LogP contribution in [0.25, 0.3) is 11.1 Å². The van der Waals surface area contributed by atoms with Gasteiger partial charge in [0.1, 0.15) is 11.1 Å². The van der Waals surface area contributed by atoms with Crippen molar-refractivity contribution in [3.8, 4) is 17.0 Å². The maximum absolute atomic E-state index is 14.5. The van der Waals surface area contributed by atoms with E-state index in [0.29, 0.717) is 33.7 Å². The molecule has 0 radical (unpaired) electrons. The van der Waals surface area contributed by atoms with Crippen LogP contribution in [0.3, 0.4) is 0 Å². The number of methoxy groups -OCH3 is 1. The Labute approximate surface area is 193 Å². The van der Waals surface area contributed by atoms with E-state index in [1.54, 1.807) is 42.5 Å². The molecule has 0 aliphatic rings. The molecule has 174 valence electrons. The van der Waals surface area contributed by atoms with Gasteiger partial charge in [0.2, 0.25) is 21.8 Å². The number of hydrogen-bond donors (Lipinski definition) is 1. The summed E-state index contributed by atoms with van der Waals surface area (Å²) in [6.45, 7) is 5.31. The molecule has 33 heavy (non-hydrogen) atoms. The van der Waals surface area contributed by atoms with E-state index in [-0.39, 0.29) is 12.3 Å². The molecule has 0 saturated carbocycles. The second kappa shape index (κ2) is 10.1. The van der Waals surface area contributed by atoms with Crippen LogP contribution in [0.1, 0.15) is 48.6 Å². The maximum atomic E-state index is 14.5. The van der Waals surface area contributed by atoms with E-state index in [1.165, 1.54) is 32.4 Å². The first-order chi connectivity index (χ1) is 15.6. The summed E-state index contributed by atoms with van der Waals surface area (Å²) >= 11 is 0. The Kier molecular flexibility index (Phi) is 7.48. The average Bonchev–Trinajstić information content (AvgIpc) is 2.79. The fraction of sp³-hybridized carbons (Fsp3) is 0.280. The van der Waals surface area contributed by atoms with Gasteiger partial charge < -0.3 is 4.74 Å². The summed E-state index contributed by atoms with van der Waals surface area (Å²) in [6, 6.07) is 14.7. The molecular formula is C25H27FN2O4S. The SMILES string of the molecule is COc1cc(-c2cc(F)cc(C(C)C)c2CC(=O)NS(=O)(=O)C(C)c2ccccc2)ccn1. The van der Waals surface area contributed by atoms with E-state index in [2.05, 4.69) is 9.71 Å². The summed E-state index contributed by atoms with van der Waals surface area (Å²) in [5, 5.41) is -0.913. The summed E-state index contributed by atoms with van der Waals surface area (Å²) in [4.78, 5) is 17.0. The lowest BCUT2D eigenvalue weighted by Gasteiger charge is -2.19. The van der Waals surface area contributed by atoms with Crippen molar-refractivity contribution in [1.82, 2.24) is 9.71 Å². The molecule has 1 unspecified atom stereocenters. The van der Waals surface area contributed by atoms with Crippen molar-refractivity contribution in [2.75, 3.05) is 7.11 Å². The van der Waals surface area contributed by atoms with Gasteiger partial charge in [0, 0.05) is 12.3 Å². The number of ether oxygens (including phenoxy) is 1. The number of nitrogens with zero attached hydrogens (tertiary/aromatic N) is 1. The third kappa shape index (κ3) is 5.76. The number of benzene rings is 2. The predicted octanol–water partition coefficient (Wildman–Crippen LogP) is 4.77. The zero-order valence-corrected chi connectivity index (χ0v) is 19.8. The van der Waals surface area contributed by atoms with Crippen molar-refractivity contribution >= 4 is 15.9 Å². The molecule has 6 nitrogen and oxygen atoms in total. The molecule has 3 aromatic rings. The summed E-state index contributed by atoms with van der Waals surface area (Å²) in [6.07, 6.45) is 1.30. The first-order valence-corrected chi connectivity index (χ1v) is 12.1. The highest BCUT2D eigenvalue weighted by molar-refractivity contribution is 7.90. The van der Waals surface area contributed by atoms with Gasteiger partial charge in [-0.1, -0.05) is 44.2 Å². The van der Waals surface area contributed by atoms with Gasteiger partial charge in [-0.05, 0) is 58.9 Å². The van der Waals surface area contributed by atoms with Crippen LogP contribution < -0.4 is 9.46 Å². The number of pyridine rings is 1. The van der Waals surface area contributed by atoms with Crippen LogP contribution in [0.15, 0.2) is 60.8 Å². The number of carbonyl (C=O) groups is 1. The fourth-order valence-corrected chi connectivity index (χ4v) is 4.75. The van der Waals surface area contributed by atoms with Crippen LogP contribution in [-0.2, 0) is 21.2 Å². The third-order valence-electron chi connectivity index (χ3n) is 5.45. The molecule has 1 heterocycles. The van der Waals surface area contributed by atoms with E-state index in [4.69, 9.17) is 4.74 Å². The zero-order chi connectivity index (χ0) is 24.2. The van der Waals surface area contributed by atoms with E-state index in [9.17, 15) is 17.6 Å². The Hall–Kier alpha value is -3.26. The summed E-state index contributed by atoms with van der Waals surface area (Å²) in [7, 11) is -2.49. The minimum absolute atomic E-state index is 0.0918. The van der Waals surface area contributed by atoms with Gasteiger partial charge in [-0.3, -0.25) is 9.52 Å². The van der Waals surface area contributed by atoms with Gasteiger partial charge in [-0.15, -0.1) is 0 Å². The highest BCUT2D eigenvalue weighted by Crippen LogP contribution is 2.33. The van der Waals surface area contributed by atoms with Crippen molar-refractivity contribution < 1.29 is 22.3 Å². The van der Waals surface area contributed by atoms with E-state index < -0.39 is 27.0 Å². The zero-order valence-electron chi connectivity index (χ0n) is 19.0. The molecule has 8 heteroatoms. The Morgan fingerprint density at radius 1 is 1.09 bits per heavy atom.